The Labute approximate surface area is 494 Å². The summed E-state index contributed by atoms with van der Waals surface area (Å²) in [6, 6.07) is 0. The van der Waals surface area contributed by atoms with Crippen molar-refractivity contribution < 1.29 is 102 Å². The Kier molecular flexibility index (Phi) is 23.0. The molecule has 21 nitrogen and oxygen atoms in total. The highest BCUT2D eigenvalue weighted by molar-refractivity contribution is 5.82. The summed E-state index contributed by atoms with van der Waals surface area (Å²) >= 11 is 0. The molecule has 0 aromatic rings. The van der Waals surface area contributed by atoms with Crippen LogP contribution >= 0.6 is 0 Å². The van der Waals surface area contributed by atoms with Gasteiger partial charge in [0.25, 0.3) is 0 Å². The van der Waals surface area contributed by atoms with Gasteiger partial charge < -0.3 is 83.1 Å². The van der Waals surface area contributed by atoms with Crippen LogP contribution in [0.5, 0.6) is 0 Å². The summed E-state index contributed by atoms with van der Waals surface area (Å²) in [4.78, 5) is 54.3. The predicted molar refractivity (Wildman–Crippen MR) is 303 cm³/mol. The molecule has 7 rings (SSSR count). The van der Waals surface area contributed by atoms with Crippen molar-refractivity contribution in [3.8, 4) is 0 Å². The molecule has 0 amide bonds. The van der Waals surface area contributed by atoms with Crippen molar-refractivity contribution >= 4 is 23.7 Å². The lowest BCUT2D eigenvalue weighted by Gasteiger charge is -2.52. The molecule has 0 aliphatic carbocycles. The third-order valence-corrected chi connectivity index (χ3v) is 18.3. The minimum atomic E-state index is -2.39. The van der Waals surface area contributed by atoms with Gasteiger partial charge in [-0.15, -0.1) is 0 Å². The van der Waals surface area contributed by atoms with Crippen molar-refractivity contribution in [1.29, 1.82) is 0 Å². The van der Waals surface area contributed by atoms with E-state index in [1.54, 1.807) is 47.8 Å². The van der Waals surface area contributed by atoms with Crippen LogP contribution < -0.4 is 0 Å². The van der Waals surface area contributed by atoms with Gasteiger partial charge in [0.1, 0.15) is 36.3 Å². The molecule has 2 spiro atoms. The number of Topliss-reactive ketones (excluding diaryl/α,β-unsaturated/α-hetero) is 1. The third-order valence-electron chi connectivity index (χ3n) is 18.3. The molecule has 7 aliphatic rings. The molecule has 21 heteroatoms. The minimum absolute atomic E-state index is 0.0156. The van der Waals surface area contributed by atoms with Crippen LogP contribution in [0.4, 0.5) is 0 Å². The average Bonchev–Trinajstić information content (AvgIpc) is 1.09. The van der Waals surface area contributed by atoms with Crippen LogP contribution in [0, 0.1) is 23.7 Å². The van der Waals surface area contributed by atoms with Crippen molar-refractivity contribution in [3.63, 3.8) is 0 Å². The van der Waals surface area contributed by atoms with Gasteiger partial charge in [0.05, 0.1) is 85.1 Å². The average molecular weight is 1190 g/mol. The summed E-state index contributed by atoms with van der Waals surface area (Å²) in [7, 11) is 1.57. The Balaban J connectivity index is 1.22. The standard InChI is InChI=1S/C63H96O21/c1-12-13-17-42(66)20-34(2)21-53-55(71)57-39(7)58(78-53)59(72)63(74)32-51(69)37(5)52(84-63)19-16-14-15-18-44-23-43(67)28-61(80-44)30-47(75-11)24-45(81-61)26-50(68)38(6)56(77-41(9)65)36(4)35(3)22-49-29-60(10,73)33-62(83-49)31-48(76-40(8)64)25-46(82-62)27-54(70)79-57/h12-13,15,17-18,36-39,42-49,51-53,55-59,66-67,69,71-74H,1-3,14,16,19-33H2,4-11H3/b17-13+,18-15+. The lowest BCUT2D eigenvalue weighted by atomic mass is 9.78. The molecule has 7 N–H and O–H groups in total. The number of aliphatic hydroxyl groups is 7. The number of hydrogen-bond donors (Lipinski definition) is 7. The van der Waals surface area contributed by atoms with Crippen LogP contribution in [0.2, 0.25) is 0 Å². The predicted octanol–water partition coefficient (Wildman–Crippen LogP) is 5.34. The van der Waals surface area contributed by atoms with Gasteiger partial charge in [-0.25, -0.2) is 0 Å². The number of rotatable bonds is 9. The number of allylic oxidation sites excluding steroid dienone is 3. The summed E-state index contributed by atoms with van der Waals surface area (Å²) < 4.78 is 63.4. The summed E-state index contributed by atoms with van der Waals surface area (Å²) in [6.45, 7) is 23.1. The first-order valence-corrected chi connectivity index (χ1v) is 30.2. The molecule has 0 aromatic heterocycles. The fraction of sp³-hybridized carbons (Fsp3) is 0.778. The number of methoxy groups -OCH3 is 1. The Morgan fingerprint density at radius 3 is 2.17 bits per heavy atom. The molecule has 474 valence electrons. The van der Waals surface area contributed by atoms with Gasteiger partial charge in [-0.2, -0.15) is 0 Å². The van der Waals surface area contributed by atoms with E-state index < -0.39 is 169 Å². The molecule has 24 unspecified atom stereocenters. The molecule has 24 atom stereocenters. The third kappa shape index (κ3) is 17.3. The van der Waals surface area contributed by atoms with E-state index in [0.717, 1.165) is 0 Å². The van der Waals surface area contributed by atoms with Crippen molar-refractivity contribution in [2.45, 2.75) is 278 Å². The van der Waals surface area contributed by atoms with Crippen molar-refractivity contribution in [2.75, 3.05) is 7.11 Å². The van der Waals surface area contributed by atoms with Gasteiger partial charge in [0.15, 0.2) is 17.4 Å². The summed E-state index contributed by atoms with van der Waals surface area (Å²) in [5.74, 6) is -10.6. The number of ether oxygens (including phenoxy) is 10. The fourth-order valence-electron chi connectivity index (χ4n) is 14.1. The number of carbonyl (C=O) groups excluding carboxylic acids is 4. The number of aliphatic hydroxyl groups excluding tert-OH is 5. The van der Waals surface area contributed by atoms with E-state index in [1.807, 2.05) is 12.2 Å². The normalized spacial score (nSPS) is 44.9. The van der Waals surface area contributed by atoms with Gasteiger partial charge in [-0.05, 0) is 45.4 Å². The molecule has 0 saturated carbocycles. The summed E-state index contributed by atoms with van der Waals surface area (Å²) in [5.41, 5.74) is -0.456. The van der Waals surface area contributed by atoms with Crippen LogP contribution in [0.25, 0.3) is 0 Å². The summed E-state index contributed by atoms with van der Waals surface area (Å²) in [5, 5.41) is 82.3. The molecule has 0 radical (unpaired) electrons. The second-order valence-electron chi connectivity index (χ2n) is 25.8. The molecule has 7 heterocycles. The van der Waals surface area contributed by atoms with Gasteiger partial charge in [0, 0.05) is 103 Å². The monoisotopic (exact) mass is 1190 g/mol. The number of fused-ring (bicyclic) bond motifs is 8. The highest BCUT2D eigenvalue weighted by atomic mass is 16.7. The molecular weight excluding hydrogens is 1090 g/mol. The summed E-state index contributed by atoms with van der Waals surface area (Å²) in [6.07, 6.45) is -6.46. The maximum atomic E-state index is 14.4. The van der Waals surface area contributed by atoms with Crippen LogP contribution in [-0.4, -0.2) is 187 Å². The van der Waals surface area contributed by atoms with E-state index in [2.05, 4.69) is 19.7 Å². The van der Waals surface area contributed by atoms with Gasteiger partial charge in [-0.3, -0.25) is 19.2 Å². The molecule has 6 saturated heterocycles. The smallest absolute Gasteiger partial charge is 0.308 e. The Hall–Kier alpha value is -3.78. The van der Waals surface area contributed by atoms with Crippen LogP contribution in [0.3, 0.4) is 0 Å². The first-order valence-electron chi connectivity index (χ1n) is 30.2. The van der Waals surface area contributed by atoms with E-state index >= 15 is 0 Å². The van der Waals surface area contributed by atoms with Crippen molar-refractivity contribution in [1.82, 2.24) is 0 Å². The largest absolute Gasteiger partial charge is 0.462 e. The highest BCUT2D eigenvalue weighted by Gasteiger charge is 2.58. The Morgan fingerprint density at radius 1 is 0.810 bits per heavy atom. The second kappa shape index (κ2) is 28.6. The second-order valence-corrected chi connectivity index (χ2v) is 25.8. The van der Waals surface area contributed by atoms with Crippen molar-refractivity contribution in [3.05, 3.63) is 61.3 Å². The van der Waals surface area contributed by atoms with Crippen LogP contribution in [0.15, 0.2) is 61.3 Å². The topological polar surface area (TPSA) is 302 Å². The number of ketones is 1. The number of carbonyl (C=O) groups is 4. The van der Waals surface area contributed by atoms with Gasteiger partial charge >= 0.3 is 17.9 Å². The maximum absolute atomic E-state index is 14.4. The quantitative estimate of drug-likeness (QED) is 0.0663. The number of hydrogen-bond acceptors (Lipinski definition) is 21. The van der Waals surface area contributed by atoms with Crippen LogP contribution in [0.1, 0.15) is 158 Å². The first kappa shape index (κ1) is 67.7. The van der Waals surface area contributed by atoms with Gasteiger partial charge in [-0.1, -0.05) is 89.0 Å². The van der Waals surface area contributed by atoms with Gasteiger partial charge in [0.2, 0.25) is 0 Å². The molecule has 84 heavy (non-hydrogen) atoms. The zero-order valence-corrected chi connectivity index (χ0v) is 50.4. The first-order chi connectivity index (χ1) is 39.4. The zero-order valence-electron chi connectivity index (χ0n) is 50.4. The lowest BCUT2D eigenvalue weighted by Crippen LogP contribution is -2.65. The van der Waals surface area contributed by atoms with Crippen LogP contribution in [-0.2, 0) is 66.5 Å². The van der Waals surface area contributed by atoms with E-state index in [0.29, 0.717) is 43.3 Å². The molecular formula is C63H96O21. The van der Waals surface area contributed by atoms with E-state index in [-0.39, 0.29) is 76.1 Å². The van der Waals surface area contributed by atoms with E-state index in [9.17, 15) is 54.9 Å². The zero-order chi connectivity index (χ0) is 61.6. The van der Waals surface area contributed by atoms with E-state index in [1.165, 1.54) is 26.0 Å². The maximum Gasteiger partial charge on any atom is 0.308 e. The highest BCUT2D eigenvalue weighted by Crippen LogP contribution is 2.48. The molecule has 10 bridgehead atoms. The minimum Gasteiger partial charge on any atom is -0.462 e. The van der Waals surface area contributed by atoms with Crippen molar-refractivity contribution in [2.24, 2.45) is 23.7 Å². The lowest BCUT2D eigenvalue weighted by molar-refractivity contribution is -0.351. The number of esters is 3. The Bertz CT molecular complexity index is 2370. The Morgan fingerprint density at radius 2 is 1.48 bits per heavy atom. The molecule has 6 fully saturated rings. The van der Waals surface area contributed by atoms with E-state index in [4.69, 9.17) is 47.4 Å². The molecule has 0 aromatic carbocycles. The fourth-order valence-corrected chi connectivity index (χ4v) is 14.1. The SMILES string of the molecule is C=C/C=C/C(O)CC(=C)CC1OC2C(C)C(OC(=O)CC3CC(OC(C)=O)CC4(CC(C)(O)CC(CC(=C)C(C)C(OC(C)=O)C(C)C(=O)CC5CC(OC)CC6(CC(O)CC(/C=C/CCCC7OC(O)(CC(O)C7C)C2O)O6)O5)O4)O3)C1O. The molecule has 7 aliphatic heterocycles.